The van der Waals surface area contributed by atoms with Gasteiger partial charge in [-0.2, -0.15) is 0 Å². The number of nitrogens with zero attached hydrogens (tertiary/aromatic N) is 1. The zero-order chi connectivity index (χ0) is 12.1. The lowest BCUT2D eigenvalue weighted by Gasteiger charge is -2.22. The van der Waals surface area contributed by atoms with Gasteiger partial charge in [-0.05, 0) is 5.56 Å². The summed E-state index contributed by atoms with van der Waals surface area (Å²) < 4.78 is 0. The van der Waals surface area contributed by atoms with Gasteiger partial charge in [-0.15, -0.1) is 0 Å². The Bertz CT molecular complexity index is 342. The van der Waals surface area contributed by atoms with Crippen LogP contribution in [0.1, 0.15) is 11.6 Å². The molecule has 3 N–H and O–H groups in total. The Hall–Kier alpha value is -1.43. The number of rotatable bonds is 4. The molecule has 0 fully saturated rings. The van der Waals surface area contributed by atoms with Crippen LogP contribution in [0.25, 0.3) is 0 Å². The van der Waals surface area contributed by atoms with Gasteiger partial charge in [0.2, 0.25) is 0 Å². The van der Waals surface area contributed by atoms with E-state index in [4.69, 9.17) is 5.73 Å². The van der Waals surface area contributed by atoms with Gasteiger partial charge >= 0.3 is 0 Å². The summed E-state index contributed by atoms with van der Waals surface area (Å²) in [6, 6.07) is 8.19. The summed E-state index contributed by atoms with van der Waals surface area (Å²) in [6.07, 6.45) is -1.31. The van der Waals surface area contributed by atoms with Crippen LogP contribution in [-0.2, 0) is 9.63 Å². The first-order chi connectivity index (χ1) is 7.57. The number of nitrogens with two attached hydrogens (primary N) is 1. The highest BCUT2D eigenvalue weighted by atomic mass is 16.7. The van der Waals surface area contributed by atoms with Gasteiger partial charge in [-0.1, -0.05) is 30.3 Å². The van der Waals surface area contributed by atoms with Crippen molar-refractivity contribution in [3.05, 3.63) is 35.9 Å². The Morgan fingerprint density at radius 3 is 2.50 bits per heavy atom. The molecule has 2 unspecified atom stereocenters. The minimum atomic E-state index is -1.31. The van der Waals surface area contributed by atoms with Crippen LogP contribution in [-0.4, -0.2) is 36.3 Å². The number of amides is 1. The number of benzene rings is 1. The Balaban J connectivity index is 2.75. The average Bonchev–Trinajstić information content (AvgIpc) is 2.36. The van der Waals surface area contributed by atoms with Crippen molar-refractivity contribution in [1.29, 1.82) is 0 Å². The van der Waals surface area contributed by atoms with E-state index in [1.165, 1.54) is 14.2 Å². The van der Waals surface area contributed by atoms with Gasteiger partial charge in [0.15, 0.2) is 6.10 Å². The molecule has 0 aliphatic carbocycles. The topological polar surface area (TPSA) is 75.8 Å². The van der Waals surface area contributed by atoms with Crippen molar-refractivity contribution >= 4 is 5.91 Å². The van der Waals surface area contributed by atoms with Crippen LogP contribution in [0.2, 0.25) is 0 Å². The second-order valence-electron chi connectivity index (χ2n) is 3.40. The maximum absolute atomic E-state index is 11.6. The summed E-state index contributed by atoms with van der Waals surface area (Å²) in [5.41, 5.74) is 6.48. The van der Waals surface area contributed by atoms with Crippen LogP contribution in [0.3, 0.4) is 0 Å². The number of carbonyl (C=O) groups excluding carboxylic acids is 1. The van der Waals surface area contributed by atoms with E-state index in [1.807, 2.05) is 6.07 Å². The third-order valence-corrected chi connectivity index (χ3v) is 2.36. The molecule has 1 aromatic rings. The van der Waals surface area contributed by atoms with Crippen molar-refractivity contribution in [2.75, 3.05) is 14.2 Å². The molecular formula is C11H16N2O3. The molecule has 0 aliphatic heterocycles. The maximum atomic E-state index is 11.6. The van der Waals surface area contributed by atoms with Crippen LogP contribution >= 0.6 is 0 Å². The number of hydrogen-bond donors (Lipinski definition) is 2. The molecule has 88 valence electrons. The normalized spacial score (nSPS) is 14.2. The van der Waals surface area contributed by atoms with Crippen LogP contribution in [0.5, 0.6) is 0 Å². The third kappa shape index (κ3) is 2.79. The first kappa shape index (κ1) is 12.6. The average molecular weight is 224 g/mol. The summed E-state index contributed by atoms with van der Waals surface area (Å²) in [4.78, 5) is 16.2. The number of hydroxylamine groups is 2. The largest absolute Gasteiger partial charge is 0.381 e. The Labute approximate surface area is 94.4 Å². The van der Waals surface area contributed by atoms with E-state index in [1.54, 1.807) is 24.3 Å². The monoisotopic (exact) mass is 224 g/mol. The number of aliphatic hydroxyl groups excluding tert-OH is 1. The summed E-state index contributed by atoms with van der Waals surface area (Å²) in [5.74, 6) is -0.571. The summed E-state index contributed by atoms with van der Waals surface area (Å²) in [7, 11) is 2.77. The third-order valence-electron chi connectivity index (χ3n) is 2.36. The molecule has 0 saturated heterocycles. The van der Waals surface area contributed by atoms with Gasteiger partial charge in [0.05, 0.1) is 13.2 Å². The summed E-state index contributed by atoms with van der Waals surface area (Å²) in [6.45, 7) is 0. The predicted molar refractivity (Wildman–Crippen MR) is 59.2 cm³/mol. The number of likely N-dealkylation sites (N-methyl/N-ethyl adjacent to an activating group) is 1. The quantitative estimate of drug-likeness (QED) is 0.709. The van der Waals surface area contributed by atoms with Gasteiger partial charge < -0.3 is 10.8 Å². The molecule has 0 radical (unpaired) electrons. The van der Waals surface area contributed by atoms with Gasteiger partial charge in [-0.25, -0.2) is 5.06 Å². The smallest absolute Gasteiger partial charge is 0.276 e. The Morgan fingerprint density at radius 1 is 1.44 bits per heavy atom. The van der Waals surface area contributed by atoms with Gasteiger partial charge in [0, 0.05) is 7.05 Å². The zero-order valence-electron chi connectivity index (χ0n) is 9.33. The number of carbonyl (C=O) groups is 1. The minimum Gasteiger partial charge on any atom is -0.381 e. The van der Waals surface area contributed by atoms with E-state index < -0.39 is 18.1 Å². The van der Waals surface area contributed by atoms with Gasteiger partial charge in [0.25, 0.3) is 5.91 Å². The molecule has 0 heterocycles. The molecule has 0 bridgehead atoms. The summed E-state index contributed by atoms with van der Waals surface area (Å²) in [5, 5.41) is 10.7. The van der Waals surface area contributed by atoms with Gasteiger partial charge in [0.1, 0.15) is 0 Å². The molecule has 5 heteroatoms. The lowest BCUT2D eigenvalue weighted by atomic mass is 10.0. The van der Waals surface area contributed by atoms with Crippen LogP contribution in [0, 0.1) is 0 Å². The molecule has 1 aromatic carbocycles. The highest BCUT2D eigenvalue weighted by Crippen LogP contribution is 2.15. The molecule has 0 aliphatic rings. The zero-order valence-corrected chi connectivity index (χ0v) is 9.33. The van der Waals surface area contributed by atoms with Crippen molar-refractivity contribution in [3.8, 4) is 0 Å². The second-order valence-corrected chi connectivity index (χ2v) is 3.40. The van der Waals surface area contributed by atoms with Gasteiger partial charge in [-0.3, -0.25) is 9.63 Å². The Kier molecular flexibility index (Phi) is 4.42. The standard InChI is InChI=1S/C11H16N2O3/c1-13(16-2)11(15)10(14)9(12)8-6-4-3-5-7-8/h3-7,9-10,14H,12H2,1-2H3. The fraction of sp³-hybridized carbons (Fsp3) is 0.364. The van der Waals surface area contributed by atoms with Crippen LogP contribution < -0.4 is 5.73 Å². The molecule has 1 amide bonds. The van der Waals surface area contributed by atoms with E-state index in [-0.39, 0.29) is 0 Å². The molecule has 1 rings (SSSR count). The molecule has 0 spiro atoms. The molecular weight excluding hydrogens is 208 g/mol. The maximum Gasteiger partial charge on any atom is 0.276 e. The fourth-order valence-corrected chi connectivity index (χ4v) is 1.29. The van der Waals surface area contributed by atoms with Crippen LogP contribution in [0.4, 0.5) is 0 Å². The molecule has 2 atom stereocenters. The number of hydrogen-bond acceptors (Lipinski definition) is 4. The first-order valence-corrected chi connectivity index (χ1v) is 4.88. The van der Waals surface area contributed by atoms with E-state index in [9.17, 15) is 9.90 Å². The molecule has 5 nitrogen and oxygen atoms in total. The minimum absolute atomic E-state index is 0.571. The fourth-order valence-electron chi connectivity index (χ4n) is 1.29. The predicted octanol–water partition coefficient (Wildman–Crippen LogP) is 0.0671. The summed E-state index contributed by atoms with van der Waals surface area (Å²) >= 11 is 0. The van der Waals surface area contributed by atoms with Crippen molar-refractivity contribution in [1.82, 2.24) is 5.06 Å². The van der Waals surface area contributed by atoms with Crippen molar-refractivity contribution < 1.29 is 14.7 Å². The number of aliphatic hydroxyl groups is 1. The highest BCUT2D eigenvalue weighted by molar-refractivity contribution is 5.80. The van der Waals surface area contributed by atoms with E-state index >= 15 is 0 Å². The van der Waals surface area contributed by atoms with Crippen LogP contribution in [0.15, 0.2) is 30.3 Å². The van der Waals surface area contributed by atoms with E-state index in [2.05, 4.69) is 4.84 Å². The molecule has 0 saturated carbocycles. The lowest BCUT2D eigenvalue weighted by molar-refractivity contribution is -0.178. The second kappa shape index (κ2) is 5.60. The SMILES string of the molecule is CON(C)C(=O)C(O)C(N)c1ccccc1. The van der Waals surface area contributed by atoms with Crippen molar-refractivity contribution in [2.24, 2.45) is 5.73 Å². The van der Waals surface area contributed by atoms with E-state index in [0.717, 1.165) is 5.06 Å². The van der Waals surface area contributed by atoms with Crippen molar-refractivity contribution in [3.63, 3.8) is 0 Å². The van der Waals surface area contributed by atoms with E-state index in [0.29, 0.717) is 5.56 Å². The lowest BCUT2D eigenvalue weighted by Crippen LogP contribution is -2.42. The molecule has 0 aromatic heterocycles. The highest BCUT2D eigenvalue weighted by Gasteiger charge is 2.27. The Morgan fingerprint density at radius 2 is 2.00 bits per heavy atom. The first-order valence-electron chi connectivity index (χ1n) is 4.88. The van der Waals surface area contributed by atoms with Crippen molar-refractivity contribution in [2.45, 2.75) is 12.1 Å². The molecule has 16 heavy (non-hydrogen) atoms.